The molecule has 0 fully saturated rings. The summed E-state index contributed by atoms with van der Waals surface area (Å²) in [5.74, 6) is -2.15. The summed E-state index contributed by atoms with van der Waals surface area (Å²) >= 11 is 5.89. The third-order valence-electron chi connectivity index (χ3n) is 2.98. The monoisotopic (exact) mass is 325 g/mol. The highest BCUT2D eigenvalue weighted by molar-refractivity contribution is 6.30. The summed E-state index contributed by atoms with van der Waals surface area (Å²) in [5, 5.41) is 3.28. The van der Waals surface area contributed by atoms with E-state index < -0.39 is 17.5 Å². The van der Waals surface area contributed by atoms with Crippen LogP contribution in [-0.4, -0.2) is 12.5 Å². The fraction of sp³-hybridized carbons (Fsp3) is 0.188. The van der Waals surface area contributed by atoms with Crippen molar-refractivity contribution in [2.24, 2.45) is 0 Å². The first-order chi connectivity index (χ1) is 10.5. The molecule has 0 saturated heterocycles. The maximum atomic E-state index is 13.4. The van der Waals surface area contributed by atoms with Crippen molar-refractivity contribution in [2.45, 2.75) is 13.0 Å². The lowest BCUT2D eigenvalue weighted by Crippen LogP contribution is -2.31. The first kappa shape index (κ1) is 16.2. The van der Waals surface area contributed by atoms with Gasteiger partial charge in [-0.1, -0.05) is 23.7 Å². The number of nitrogens with one attached hydrogen (secondary N) is 1. The van der Waals surface area contributed by atoms with Crippen molar-refractivity contribution in [3.05, 3.63) is 64.7 Å². The van der Waals surface area contributed by atoms with E-state index in [4.69, 9.17) is 16.3 Å². The largest absolute Gasteiger partial charge is 0.481 e. The molecule has 3 nitrogen and oxygen atoms in total. The maximum absolute atomic E-state index is 13.4. The zero-order valence-electron chi connectivity index (χ0n) is 11.8. The summed E-state index contributed by atoms with van der Waals surface area (Å²) < 4.78 is 31.1. The molecule has 1 N–H and O–H groups in total. The van der Waals surface area contributed by atoms with Gasteiger partial charge in [0.05, 0.1) is 6.04 Å². The second-order valence-corrected chi connectivity index (χ2v) is 5.14. The van der Waals surface area contributed by atoms with Gasteiger partial charge in [0.1, 0.15) is 5.82 Å². The molecule has 22 heavy (non-hydrogen) atoms. The van der Waals surface area contributed by atoms with E-state index in [2.05, 4.69) is 5.32 Å². The third-order valence-corrected chi connectivity index (χ3v) is 3.21. The Morgan fingerprint density at radius 1 is 1.27 bits per heavy atom. The van der Waals surface area contributed by atoms with Crippen molar-refractivity contribution in [1.29, 1.82) is 0 Å². The molecule has 0 aliphatic heterocycles. The summed E-state index contributed by atoms with van der Waals surface area (Å²) in [7, 11) is 0. The quantitative estimate of drug-likeness (QED) is 0.906. The molecule has 2 rings (SSSR count). The van der Waals surface area contributed by atoms with Crippen LogP contribution in [0.2, 0.25) is 5.02 Å². The number of hydrogen-bond acceptors (Lipinski definition) is 2. The van der Waals surface area contributed by atoms with Crippen LogP contribution in [0.5, 0.6) is 5.75 Å². The van der Waals surface area contributed by atoms with E-state index in [1.165, 1.54) is 0 Å². The lowest BCUT2D eigenvalue weighted by molar-refractivity contribution is -0.123. The van der Waals surface area contributed by atoms with Gasteiger partial charge in [-0.2, -0.15) is 0 Å². The second-order valence-electron chi connectivity index (χ2n) is 4.71. The highest BCUT2D eigenvalue weighted by Crippen LogP contribution is 2.19. The molecule has 2 aromatic rings. The maximum Gasteiger partial charge on any atom is 0.258 e. The van der Waals surface area contributed by atoms with E-state index in [1.54, 1.807) is 25.1 Å². The van der Waals surface area contributed by atoms with E-state index in [-0.39, 0.29) is 18.4 Å². The van der Waals surface area contributed by atoms with Crippen LogP contribution in [0.1, 0.15) is 18.5 Å². The van der Waals surface area contributed by atoms with Crippen molar-refractivity contribution >= 4 is 17.5 Å². The fourth-order valence-corrected chi connectivity index (χ4v) is 2.08. The highest BCUT2D eigenvalue weighted by atomic mass is 35.5. The molecule has 116 valence electrons. The third kappa shape index (κ3) is 4.43. The van der Waals surface area contributed by atoms with E-state index >= 15 is 0 Å². The molecular weight excluding hydrogens is 312 g/mol. The Hall–Kier alpha value is -2.14. The lowest BCUT2D eigenvalue weighted by atomic mass is 10.1. The van der Waals surface area contributed by atoms with Crippen LogP contribution in [0.4, 0.5) is 8.78 Å². The molecular formula is C16H14ClF2NO2. The van der Waals surface area contributed by atoms with Gasteiger partial charge in [-0.05, 0) is 36.8 Å². The van der Waals surface area contributed by atoms with Gasteiger partial charge in [-0.15, -0.1) is 0 Å². The number of benzene rings is 2. The molecule has 0 spiro atoms. The van der Waals surface area contributed by atoms with Gasteiger partial charge in [0.25, 0.3) is 5.91 Å². The molecule has 1 amide bonds. The topological polar surface area (TPSA) is 38.3 Å². The van der Waals surface area contributed by atoms with Crippen LogP contribution in [0, 0.1) is 11.6 Å². The first-order valence-electron chi connectivity index (χ1n) is 6.58. The average Bonchev–Trinajstić information content (AvgIpc) is 2.46. The Morgan fingerprint density at radius 2 is 2.05 bits per heavy atom. The van der Waals surface area contributed by atoms with E-state index in [9.17, 15) is 13.6 Å². The van der Waals surface area contributed by atoms with Crippen molar-refractivity contribution < 1.29 is 18.3 Å². The van der Waals surface area contributed by atoms with Gasteiger partial charge in [0.15, 0.2) is 18.2 Å². The number of rotatable bonds is 5. The van der Waals surface area contributed by atoms with E-state index in [0.29, 0.717) is 11.1 Å². The minimum atomic E-state index is -0.851. The van der Waals surface area contributed by atoms with Gasteiger partial charge in [-0.25, -0.2) is 8.78 Å². The smallest absolute Gasteiger partial charge is 0.258 e. The molecule has 0 bridgehead atoms. The Bertz CT molecular complexity index is 679. The molecule has 0 aliphatic rings. The highest BCUT2D eigenvalue weighted by Gasteiger charge is 2.12. The lowest BCUT2D eigenvalue weighted by Gasteiger charge is -2.15. The van der Waals surface area contributed by atoms with Crippen molar-refractivity contribution in [2.75, 3.05) is 6.61 Å². The summed E-state index contributed by atoms with van der Waals surface area (Å²) in [6.07, 6.45) is 0. The minimum Gasteiger partial charge on any atom is -0.481 e. The standard InChI is InChI=1S/C16H14ClF2NO2/c1-10(11-3-2-4-12(17)7-11)20-16(21)9-22-15-6-5-13(18)8-14(15)19/h2-8,10H,9H2,1H3,(H,20,21). The Kier molecular flexibility index (Phi) is 5.33. The number of carbonyl (C=O) groups is 1. The Balaban J connectivity index is 1.90. The zero-order chi connectivity index (χ0) is 16.1. The van der Waals surface area contributed by atoms with Crippen LogP contribution < -0.4 is 10.1 Å². The molecule has 0 heterocycles. The molecule has 0 radical (unpaired) electrons. The molecule has 1 atom stereocenters. The molecule has 6 heteroatoms. The fourth-order valence-electron chi connectivity index (χ4n) is 1.88. The Morgan fingerprint density at radius 3 is 2.73 bits per heavy atom. The Labute approximate surface area is 131 Å². The number of ether oxygens (including phenoxy) is 1. The van der Waals surface area contributed by atoms with Crippen LogP contribution in [0.3, 0.4) is 0 Å². The summed E-state index contributed by atoms with van der Waals surface area (Å²) in [4.78, 5) is 11.8. The van der Waals surface area contributed by atoms with E-state index in [0.717, 1.165) is 17.7 Å². The summed E-state index contributed by atoms with van der Waals surface area (Å²) in [5.41, 5.74) is 0.841. The van der Waals surface area contributed by atoms with Crippen LogP contribution in [-0.2, 0) is 4.79 Å². The number of amides is 1. The molecule has 2 aromatic carbocycles. The number of hydrogen-bond donors (Lipinski definition) is 1. The van der Waals surface area contributed by atoms with Crippen molar-refractivity contribution in [3.63, 3.8) is 0 Å². The van der Waals surface area contributed by atoms with Crippen LogP contribution in [0.25, 0.3) is 0 Å². The van der Waals surface area contributed by atoms with Gasteiger partial charge in [0, 0.05) is 11.1 Å². The molecule has 1 unspecified atom stereocenters. The van der Waals surface area contributed by atoms with Gasteiger partial charge >= 0.3 is 0 Å². The predicted molar refractivity (Wildman–Crippen MR) is 79.9 cm³/mol. The normalized spacial score (nSPS) is 11.8. The van der Waals surface area contributed by atoms with Gasteiger partial charge < -0.3 is 10.1 Å². The number of halogens is 3. The predicted octanol–water partition coefficient (Wildman–Crippen LogP) is 3.87. The summed E-state index contributed by atoms with van der Waals surface area (Å²) in [6, 6.07) is 9.72. The van der Waals surface area contributed by atoms with Gasteiger partial charge in [-0.3, -0.25) is 4.79 Å². The summed E-state index contributed by atoms with van der Waals surface area (Å²) in [6.45, 7) is 1.43. The first-order valence-corrected chi connectivity index (χ1v) is 6.96. The molecule has 0 aromatic heterocycles. The second kappa shape index (κ2) is 7.22. The zero-order valence-corrected chi connectivity index (χ0v) is 12.5. The van der Waals surface area contributed by atoms with Crippen LogP contribution in [0.15, 0.2) is 42.5 Å². The molecule has 0 saturated carbocycles. The minimum absolute atomic E-state index is 0.174. The number of carbonyl (C=O) groups excluding carboxylic acids is 1. The van der Waals surface area contributed by atoms with E-state index in [1.807, 2.05) is 6.07 Å². The van der Waals surface area contributed by atoms with Crippen LogP contribution >= 0.6 is 11.6 Å². The SMILES string of the molecule is CC(NC(=O)COc1ccc(F)cc1F)c1cccc(Cl)c1. The van der Waals surface area contributed by atoms with Crippen molar-refractivity contribution in [1.82, 2.24) is 5.32 Å². The van der Waals surface area contributed by atoms with Crippen molar-refractivity contribution in [3.8, 4) is 5.75 Å². The molecule has 0 aliphatic carbocycles. The average molecular weight is 326 g/mol. The van der Waals surface area contributed by atoms with Gasteiger partial charge in [0.2, 0.25) is 0 Å².